The van der Waals surface area contributed by atoms with Gasteiger partial charge in [-0.05, 0) is 43.8 Å². The van der Waals surface area contributed by atoms with E-state index in [2.05, 4.69) is 60.5 Å². The number of anilines is 1. The summed E-state index contributed by atoms with van der Waals surface area (Å²) in [7, 11) is 4.18. The predicted octanol–water partition coefficient (Wildman–Crippen LogP) is 4.11. The third kappa shape index (κ3) is 3.54. The summed E-state index contributed by atoms with van der Waals surface area (Å²) in [5.41, 5.74) is 4.33. The normalized spacial score (nSPS) is 12.7. The van der Waals surface area contributed by atoms with E-state index in [1.54, 1.807) is 0 Å². The summed E-state index contributed by atoms with van der Waals surface area (Å²) in [5, 5.41) is 3.32. The second kappa shape index (κ2) is 6.84. The summed E-state index contributed by atoms with van der Waals surface area (Å²) >= 11 is 0. The van der Waals surface area contributed by atoms with Crippen molar-refractivity contribution < 1.29 is 4.42 Å². The van der Waals surface area contributed by atoms with Gasteiger partial charge in [-0.25, -0.2) is 0 Å². The van der Waals surface area contributed by atoms with E-state index < -0.39 is 0 Å². The van der Waals surface area contributed by atoms with Crippen molar-refractivity contribution in [2.75, 3.05) is 26.0 Å². The average Bonchev–Trinajstić information content (AvgIpc) is 2.98. The van der Waals surface area contributed by atoms with Crippen molar-refractivity contribution in [1.29, 1.82) is 0 Å². The van der Waals surface area contributed by atoms with Gasteiger partial charge in [0.25, 0.3) is 6.01 Å². The monoisotopic (exact) mass is 309 g/mol. The molecular weight excluding hydrogens is 286 g/mol. The van der Waals surface area contributed by atoms with Gasteiger partial charge in [-0.3, -0.25) is 0 Å². The SMILES string of the molecule is CCc1ccc([C@H](CNc2nc3ccccc3o2)N(C)C)cc1. The molecule has 1 aromatic heterocycles. The Hall–Kier alpha value is -2.33. The molecule has 0 radical (unpaired) electrons. The zero-order valence-electron chi connectivity index (χ0n) is 13.9. The summed E-state index contributed by atoms with van der Waals surface area (Å²) in [4.78, 5) is 6.67. The fraction of sp³-hybridized carbons (Fsp3) is 0.316. The van der Waals surface area contributed by atoms with Gasteiger partial charge in [0, 0.05) is 6.54 Å². The molecule has 0 amide bonds. The van der Waals surface area contributed by atoms with Gasteiger partial charge >= 0.3 is 0 Å². The molecule has 3 aromatic rings. The Morgan fingerprint density at radius 3 is 2.48 bits per heavy atom. The molecule has 1 heterocycles. The summed E-state index contributed by atoms with van der Waals surface area (Å²) in [5.74, 6) is 0. The molecule has 0 aliphatic carbocycles. The van der Waals surface area contributed by atoms with Crippen molar-refractivity contribution in [3.8, 4) is 0 Å². The quantitative estimate of drug-likeness (QED) is 0.744. The topological polar surface area (TPSA) is 41.3 Å². The first-order chi connectivity index (χ1) is 11.2. The molecule has 4 heteroatoms. The predicted molar refractivity (Wildman–Crippen MR) is 94.7 cm³/mol. The molecule has 0 saturated carbocycles. The highest BCUT2D eigenvalue weighted by Crippen LogP contribution is 2.22. The van der Waals surface area contributed by atoms with Crippen LogP contribution in [-0.2, 0) is 6.42 Å². The minimum absolute atomic E-state index is 0.260. The maximum atomic E-state index is 5.73. The number of para-hydroxylation sites is 2. The van der Waals surface area contributed by atoms with Gasteiger partial charge in [0.1, 0.15) is 5.52 Å². The van der Waals surface area contributed by atoms with Crippen LogP contribution in [0.4, 0.5) is 6.01 Å². The van der Waals surface area contributed by atoms with Crippen LogP contribution >= 0.6 is 0 Å². The van der Waals surface area contributed by atoms with E-state index >= 15 is 0 Å². The molecule has 0 aliphatic rings. The maximum absolute atomic E-state index is 5.73. The molecule has 0 unspecified atom stereocenters. The highest BCUT2D eigenvalue weighted by Gasteiger charge is 2.15. The molecule has 0 saturated heterocycles. The van der Waals surface area contributed by atoms with E-state index in [1.165, 1.54) is 11.1 Å². The largest absolute Gasteiger partial charge is 0.424 e. The van der Waals surface area contributed by atoms with Crippen LogP contribution in [0.15, 0.2) is 52.9 Å². The number of fused-ring (bicyclic) bond motifs is 1. The van der Waals surface area contributed by atoms with E-state index in [-0.39, 0.29) is 6.04 Å². The lowest BCUT2D eigenvalue weighted by Crippen LogP contribution is -2.26. The Morgan fingerprint density at radius 1 is 1.09 bits per heavy atom. The fourth-order valence-corrected chi connectivity index (χ4v) is 2.71. The van der Waals surface area contributed by atoms with Crippen molar-refractivity contribution in [2.45, 2.75) is 19.4 Å². The molecule has 0 bridgehead atoms. The van der Waals surface area contributed by atoms with E-state index in [0.717, 1.165) is 24.1 Å². The molecule has 0 aliphatic heterocycles. The molecule has 2 aromatic carbocycles. The number of hydrogen-bond acceptors (Lipinski definition) is 4. The highest BCUT2D eigenvalue weighted by molar-refractivity contribution is 5.74. The van der Waals surface area contributed by atoms with Crippen molar-refractivity contribution >= 4 is 17.1 Å². The Balaban J connectivity index is 1.74. The molecule has 0 spiro atoms. The minimum Gasteiger partial charge on any atom is -0.424 e. The molecule has 23 heavy (non-hydrogen) atoms. The number of likely N-dealkylation sites (N-methyl/N-ethyl adjacent to an activating group) is 1. The summed E-state index contributed by atoms with van der Waals surface area (Å²) in [6.45, 7) is 2.92. The van der Waals surface area contributed by atoms with Crippen LogP contribution in [0.25, 0.3) is 11.1 Å². The van der Waals surface area contributed by atoms with Crippen molar-refractivity contribution in [3.63, 3.8) is 0 Å². The number of rotatable bonds is 6. The molecule has 120 valence electrons. The molecule has 4 nitrogen and oxygen atoms in total. The molecule has 3 rings (SSSR count). The summed E-state index contributed by atoms with van der Waals surface area (Å²) < 4.78 is 5.73. The van der Waals surface area contributed by atoms with Gasteiger partial charge in [0.15, 0.2) is 5.58 Å². The van der Waals surface area contributed by atoms with Crippen LogP contribution < -0.4 is 5.32 Å². The molecular formula is C19H23N3O. The number of benzene rings is 2. The Bertz CT molecular complexity index is 729. The number of hydrogen-bond donors (Lipinski definition) is 1. The van der Waals surface area contributed by atoms with Gasteiger partial charge in [-0.1, -0.05) is 43.3 Å². The van der Waals surface area contributed by atoms with Crippen LogP contribution in [0.2, 0.25) is 0 Å². The first-order valence-corrected chi connectivity index (χ1v) is 8.02. The second-order valence-corrected chi connectivity index (χ2v) is 5.94. The summed E-state index contributed by atoms with van der Waals surface area (Å²) in [6, 6.07) is 17.4. The standard InChI is InChI=1S/C19H23N3O/c1-4-14-9-11-15(12-10-14)17(22(2)3)13-20-19-21-16-7-5-6-8-18(16)23-19/h5-12,17H,4,13H2,1-3H3,(H,20,21)/t17-/m0/s1. The Kier molecular flexibility index (Phi) is 4.63. The lowest BCUT2D eigenvalue weighted by molar-refractivity contribution is 0.310. The second-order valence-electron chi connectivity index (χ2n) is 5.94. The lowest BCUT2D eigenvalue weighted by atomic mass is 10.0. The zero-order chi connectivity index (χ0) is 16.2. The number of nitrogens with zero attached hydrogens (tertiary/aromatic N) is 2. The maximum Gasteiger partial charge on any atom is 0.295 e. The number of oxazole rings is 1. The van der Waals surface area contributed by atoms with Crippen LogP contribution in [0.1, 0.15) is 24.1 Å². The number of nitrogens with one attached hydrogen (secondary N) is 1. The van der Waals surface area contributed by atoms with Crippen molar-refractivity contribution in [1.82, 2.24) is 9.88 Å². The highest BCUT2D eigenvalue weighted by atomic mass is 16.4. The van der Waals surface area contributed by atoms with Gasteiger partial charge in [-0.15, -0.1) is 0 Å². The fourth-order valence-electron chi connectivity index (χ4n) is 2.71. The minimum atomic E-state index is 0.260. The third-order valence-electron chi connectivity index (χ3n) is 4.14. The van der Waals surface area contributed by atoms with Gasteiger partial charge in [0.05, 0.1) is 6.04 Å². The Labute approximate surface area is 137 Å². The van der Waals surface area contributed by atoms with Crippen LogP contribution in [0.3, 0.4) is 0 Å². The van der Waals surface area contributed by atoms with E-state index in [9.17, 15) is 0 Å². The molecule has 1 N–H and O–H groups in total. The summed E-state index contributed by atoms with van der Waals surface area (Å²) in [6.07, 6.45) is 1.06. The zero-order valence-corrected chi connectivity index (χ0v) is 13.9. The Morgan fingerprint density at radius 2 is 1.83 bits per heavy atom. The van der Waals surface area contributed by atoms with E-state index in [1.807, 2.05) is 24.3 Å². The first kappa shape index (κ1) is 15.6. The first-order valence-electron chi connectivity index (χ1n) is 8.02. The number of aryl methyl sites for hydroxylation is 1. The van der Waals surface area contributed by atoms with Crippen molar-refractivity contribution in [2.24, 2.45) is 0 Å². The molecule has 0 fully saturated rings. The lowest BCUT2D eigenvalue weighted by Gasteiger charge is -2.25. The van der Waals surface area contributed by atoms with E-state index in [0.29, 0.717) is 6.01 Å². The van der Waals surface area contributed by atoms with Crippen LogP contribution in [0, 0.1) is 0 Å². The van der Waals surface area contributed by atoms with Crippen molar-refractivity contribution in [3.05, 3.63) is 59.7 Å². The van der Waals surface area contributed by atoms with E-state index in [4.69, 9.17) is 4.42 Å². The smallest absolute Gasteiger partial charge is 0.295 e. The van der Waals surface area contributed by atoms with Crippen LogP contribution in [-0.4, -0.2) is 30.5 Å². The van der Waals surface area contributed by atoms with Gasteiger partial charge in [0.2, 0.25) is 0 Å². The molecule has 1 atom stereocenters. The van der Waals surface area contributed by atoms with Crippen LogP contribution in [0.5, 0.6) is 0 Å². The van der Waals surface area contributed by atoms with Gasteiger partial charge < -0.3 is 14.6 Å². The average molecular weight is 309 g/mol. The van der Waals surface area contributed by atoms with Gasteiger partial charge in [-0.2, -0.15) is 4.98 Å². The third-order valence-corrected chi connectivity index (χ3v) is 4.14. The number of aromatic nitrogens is 1.